The van der Waals surface area contributed by atoms with E-state index >= 15 is 0 Å². The van der Waals surface area contributed by atoms with Crippen LogP contribution >= 0.6 is 22.7 Å². The van der Waals surface area contributed by atoms with E-state index in [2.05, 4.69) is 471 Å². The summed E-state index contributed by atoms with van der Waals surface area (Å²) in [6.07, 6.45) is 0. The Bertz CT molecular complexity index is 7630. The fraction of sp³-hybridized carbons (Fsp3) is 0. The minimum Gasteiger partial charge on any atom is -0.310 e. The molecule has 0 saturated carbocycles. The van der Waals surface area contributed by atoms with E-state index in [9.17, 15) is 0 Å². The van der Waals surface area contributed by atoms with E-state index in [1.807, 2.05) is 22.7 Å². The highest BCUT2D eigenvalue weighted by Gasteiger charge is 2.25. The summed E-state index contributed by atoms with van der Waals surface area (Å²) in [5.74, 6) is 0. The topological polar surface area (TPSA) is 6.48 Å². The molecule has 0 amide bonds. The molecule has 0 unspecified atom stereocenters. The molecule has 22 aromatic rings. The Kier molecular flexibility index (Phi) is 18.4. The third-order valence-electron chi connectivity index (χ3n) is 23.9. The van der Waals surface area contributed by atoms with Crippen molar-refractivity contribution in [3.63, 3.8) is 0 Å². The van der Waals surface area contributed by atoms with Crippen molar-refractivity contribution in [2.75, 3.05) is 9.80 Å². The fourth-order valence-electron chi connectivity index (χ4n) is 17.9. The third-order valence-corrected chi connectivity index (χ3v) is 26.3. The van der Waals surface area contributed by atoms with E-state index in [1.54, 1.807) is 0 Å². The Labute approximate surface area is 706 Å². The van der Waals surface area contributed by atoms with Crippen LogP contribution in [-0.4, -0.2) is 0 Å². The van der Waals surface area contributed by atoms with Crippen molar-refractivity contribution in [3.8, 4) is 122 Å². The SMILES string of the molecule is c1ccc(-c2ccc(-c3ccc(N(c4cccc(-c5cccc(-c6ccc(-c7ccc8c(c7)sc7c(-c9ccccc9N(c9ccc(-c%10ccc(-c%11ccccc%11)cc%10)cc9)c9cccc(-c%10cccc(-c%11ccc%12ccccc%12c%11)c%10)c9)cccc78)c7ccccc67)c5)c4)c4ccccc4-c4cccc5c4sc4ccccc45)cc3)cc2)cc1. The lowest BCUT2D eigenvalue weighted by Gasteiger charge is -2.28. The quantitative estimate of drug-likeness (QED) is 0.0896. The van der Waals surface area contributed by atoms with Crippen LogP contribution < -0.4 is 9.80 Å². The lowest BCUT2D eigenvalue weighted by molar-refractivity contribution is 1.28. The van der Waals surface area contributed by atoms with Crippen LogP contribution in [0.5, 0.6) is 0 Å². The minimum atomic E-state index is 1.07. The number of hydrogen-bond donors (Lipinski definition) is 0. The molecule has 0 fully saturated rings. The summed E-state index contributed by atoms with van der Waals surface area (Å²) in [6, 6.07) is 170. The molecule has 0 N–H and O–H groups in total. The maximum Gasteiger partial charge on any atom is 0.0540 e. The summed E-state index contributed by atoms with van der Waals surface area (Å²) in [6.45, 7) is 0. The van der Waals surface area contributed by atoms with E-state index in [0.717, 1.165) is 78.6 Å². The molecule has 0 spiro atoms. The number of nitrogens with zero attached hydrogens (tertiary/aromatic N) is 2. The first-order chi connectivity index (χ1) is 59.5. The monoisotopic (exact) mass is 1560 g/mol. The van der Waals surface area contributed by atoms with Gasteiger partial charge in [0.15, 0.2) is 0 Å². The average Bonchev–Trinajstić information content (AvgIpc) is 1.34. The van der Waals surface area contributed by atoms with Gasteiger partial charge < -0.3 is 9.80 Å². The Hall–Kier alpha value is -15.0. The van der Waals surface area contributed by atoms with Crippen LogP contribution in [0.3, 0.4) is 0 Å². The summed E-state index contributed by atoms with van der Waals surface area (Å²) in [4.78, 5) is 4.91. The van der Waals surface area contributed by atoms with Crippen molar-refractivity contribution in [1.29, 1.82) is 0 Å². The van der Waals surface area contributed by atoms with Gasteiger partial charge in [0.25, 0.3) is 0 Å². The predicted molar refractivity (Wildman–Crippen MR) is 516 cm³/mol. The molecule has 120 heavy (non-hydrogen) atoms. The number of anilines is 6. The molecule has 0 bridgehead atoms. The number of thiophene rings is 2. The van der Waals surface area contributed by atoms with Gasteiger partial charge in [0.05, 0.1) is 11.4 Å². The van der Waals surface area contributed by atoms with Crippen LogP contribution in [0, 0.1) is 0 Å². The highest BCUT2D eigenvalue weighted by Crippen LogP contribution is 2.51. The summed E-state index contributed by atoms with van der Waals surface area (Å²) in [5, 5.41) is 9.96. The first kappa shape index (κ1) is 71.5. The number of fused-ring (bicyclic) bond motifs is 8. The first-order valence-corrected chi connectivity index (χ1v) is 42.7. The van der Waals surface area contributed by atoms with Gasteiger partial charge >= 0.3 is 0 Å². The Morgan fingerprint density at radius 1 is 0.142 bits per heavy atom. The van der Waals surface area contributed by atoms with Crippen molar-refractivity contribution < 1.29 is 0 Å². The molecule has 0 saturated heterocycles. The normalized spacial score (nSPS) is 11.5. The van der Waals surface area contributed by atoms with Gasteiger partial charge in [-0.15, -0.1) is 22.7 Å². The predicted octanol–water partition coefficient (Wildman–Crippen LogP) is 34.0. The molecular formula is C116H76N2S2. The van der Waals surface area contributed by atoms with Gasteiger partial charge in [-0.3, -0.25) is 0 Å². The summed E-state index contributed by atoms with van der Waals surface area (Å²) in [5.41, 5.74) is 32.4. The summed E-state index contributed by atoms with van der Waals surface area (Å²) in [7, 11) is 0. The summed E-state index contributed by atoms with van der Waals surface area (Å²) < 4.78 is 5.08. The van der Waals surface area contributed by atoms with Crippen LogP contribution in [0.15, 0.2) is 461 Å². The molecule has 0 aliphatic rings. The number of hydrogen-bond acceptors (Lipinski definition) is 4. The second kappa shape index (κ2) is 30.9. The zero-order chi connectivity index (χ0) is 79.4. The molecule has 0 radical (unpaired) electrons. The van der Waals surface area contributed by atoms with Gasteiger partial charge in [0.2, 0.25) is 0 Å². The Balaban J connectivity index is 0.600. The van der Waals surface area contributed by atoms with Gasteiger partial charge in [-0.25, -0.2) is 0 Å². The van der Waals surface area contributed by atoms with E-state index < -0.39 is 0 Å². The number of para-hydroxylation sites is 2. The van der Waals surface area contributed by atoms with E-state index in [1.165, 1.54) is 140 Å². The summed E-state index contributed by atoms with van der Waals surface area (Å²) >= 11 is 3.76. The second-order valence-electron chi connectivity index (χ2n) is 31.0. The van der Waals surface area contributed by atoms with Crippen LogP contribution in [0.2, 0.25) is 0 Å². The molecule has 2 heterocycles. The molecule has 0 atom stereocenters. The maximum atomic E-state index is 2.46. The van der Waals surface area contributed by atoms with Gasteiger partial charge in [0, 0.05) is 85.3 Å². The first-order valence-electron chi connectivity index (χ1n) is 41.1. The average molecular weight is 1560 g/mol. The van der Waals surface area contributed by atoms with Crippen molar-refractivity contribution in [2.24, 2.45) is 0 Å². The molecule has 2 nitrogen and oxygen atoms in total. The third kappa shape index (κ3) is 13.4. The lowest BCUT2D eigenvalue weighted by Crippen LogP contribution is -2.11. The van der Waals surface area contributed by atoms with Crippen LogP contribution in [-0.2, 0) is 0 Å². The maximum absolute atomic E-state index is 2.46. The molecule has 4 heteroatoms. The van der Waals surface area contributed by atoms with Gasteiger partial charge in [-0.1, -0.05) is 370 Å². The van der Waals surface area contributed by atoms with Gasteiger partial charge in [-0.2, -0.15) is 0 Å². The Morgan fingerprint density at radius 3 is 0.967 bits per heavy atom. The van der Waals surface area contributed by atoms with Crippen molar-refractivity contribution in [3.05, 3.63) is 461 Å². The second-order valence-corrected chi connectivity index (χ2v) is 33.1. The number of benzene rings is 20. The lowest BCUT2D eigenvalue weighted by atomic mass is 9.90. The fourth-order valence-corrected chi connectivity index (χ4v) is 20.4. The van der Waals surface area contributed by atoms with Crippen LogP contribution in [0.1, 0.15) is 0 Å². The van der Waals surface area contributed by atoms with Gasteiger partial charge in [-0.05, 0) is 213 Å². The zero-order valence-corrected chi connectivity index (χ0v) is 67.2. The number of rotatable bonds is 17. The van der Waals surface area contributed by atoms with E-state index in [0.29, 0.717) is 0 Å². The van der Waals surface area contributed by atoms with Gasteiger partial charge in [0.1, 0.15) is 0 Å². The van der Waals surface area contributed by atoms with Crippen molar-refractivity contribution in [1.82, 2.24) is 0 Å². The highest BCUT2D eigenvalue weighted by molar-refractivity contribution is 7.26. The molecule has 2 aromatic heterocycles. The minimum absolute atomic E-state index is 1.07. The van der Waals surface area contributed by atoms with Crippen LogP contribution in [0.4, 0.5) is 34.1 Å². The molecular weight excluding hydrogens is 1490 g/mol. The smallest absolute Gasteiger partial charge is 0.0540 e. The highest BCUT2D eigenvalue weighted by atomic mass is 32.1. The molecule has 0 aliphatic carbocycles. The molecule has 22 rings (SSSR count). The molecule has 0 aliphatic heterocycles. The molecule has 562 valence electrons. The standard InChI is InChI=1S/C116H76N2S2/c1-3-23-77(24-4-1)80-49-53-82(54-50-80)84-59-64-95(65-60-84)117(97-35-19-32-90(74-97)87-29-17-30-88(72-87)92-58-57-79-27-7-8-28-86(79)71-92)112-47-15-12-40-104(112)108-43-22-45-110-106-68-63-94(76-114(106)120-116(108)110)100-70-69-99(101-37-9-10-38-102(100)101)93-34-18-31-89(73-93)91-33-20-36-98(75-91)118(96-66-61-85(62-67-96)83-55-51-81(52-56-83)78-25-5-2-6-26-78)111-46-14-11-39-103(111)107-42-21-44-109-105-41-13-16-48-113(105)119-115(107)109/h1-76H. The van der Waals surface area contributed by atoms with E-state index in [-0.39, 0.29) is 0 Å². The van der Waals surface area contributed by atoms with Crippen molar-refractivity contribution >= 4 is 119 Å². The molecule has 20 aromatic carbocycles. The zero-order valence-electron chi connectivity index (χ0n) is 65.6. The Morgan fingerprint density at radius 2 is 0.458 bits per heavy atom. The van der Waals surface area contributed by atoms with Crippen molar-refractivity contribution in [2.45, 2.75) is 0 Å². The van der Waals surface area contributed by atoms with E-state index in [4.69, 9.17) is 0 Å². The van der Waals surface area contributed by atoms with Crippen LogP contribution in [0.25, 0.3) is 184 Å². The largest absolute Gasteiger partial charge is 0.310 e.